The monoisotopic (exact) mass is 268 g/mol. The number of hydrogen-bond acceptors (Lipinski definition) is 4. The molecule has 1 unspecified atom stereocenters. The summed E-state index contributed by atoms with van der Waals surface area (Å²) in [5, 5.41) is 8.74. The van der Waals surface area contributed by atoms with Crippen molar-refractivity contribution < 1.29 is 23.1 Å². The molecule has 2 N–H and O–H groups in total. The van der Waals surface area contributed by atoms with E-state index in [-0.39, 0.29) is 26.2 Å². The highest BCUT2D eigenvalue weighted by Crippen LogP contribution is 2.04. The molecule has 17 heavy (non-hydrogen) atoms. The lowest BCUT2D eigenvalue weighted by Crippen LogP contribution is -2.44. The number of rotatable bonds is 9. The van der Waals surface area contributed by atoms with Gasteiger partial charge in [-0.15, -0.1) is 0 Å². The molecule has 0 saturated carbocycles. The fourth-order valence-electron chi connectivity index (χ4n) is 1.14. The number of nitrogens with one attached hydrogen (secondary N) is 1. The Morgan fingerprint density at radius 1 is 1.53 bits per heavy atom. The van der Waals surface area contributed by atoms with Gasteiger partial charge in [-0.2, -0.15) is 17.4 Å². The number of hydrogen-bond donors (Lipinski definition) is 2. The second-order valence-corrected chi connectivity index (χ2v) is 5.34. The molecular weight excluding hydrogens is 248 g/mol. The van der Waals surface area contributed by atoms with Crippen LogP contribution in [-0.4, -0.2) is 57.1 Å². The first-order valence-electron chi connectivity index (χ1n) is 5.31. The van der Waals surface area contributed by atoms with Gasteiger partial charge in [0, 0.05) is 26.7 Å². The highest BCUT2D eigenvalue weighted by Gasteiger charge is 2.24. The Balaban J connectivity index is 4.47. The third kappa shape index (κ3) is 5.97. The third-order valence-electron chi connectivity index (χ3n) is 2.18. The molecule has 7 nitrogen and oxygen atoms in total. The fourth-order valence-corrected chi connectivity index (χ4v) is 2.43. The van der Waals surface area contributed by atoms with Crippen molar-refractivity contribution in [2.75, 3.05) is 33.4 Å². The normalized spacial score (nSPS) is 13.9. The largest absolute Gasteiger partial charge is 0.481 e. The fraction of sp³-hybridized carbons (Fsp3) is 0.889. The van der Waals surface area contributed by atoms with Crippen LogP contribution in [0.2, 0.25) is 0 Å². The van der Waals surface area contributed by atoms with E-state index in [9.17, 15) is 13.2 Å². The second-order valence-electron chi connectivity index (χ2n) is 3.58. The zero-order valence-corrected chi connectivity index (χ0v) is 11.2. The lowest BCUT2D eigenvalue weighted by atomic mass is 10.2. The van der Waals surface area contributed by atoms with Crippen LogP contribution in [-0.2, 0) is 19.7 Å². The van der Waals surface area contributed by atoms with Crippen LogP contribution >= 0.6 is 0 Å². The molecule has 0 saturated heterocycles. The number of carboxylic acid groups (broad SMARTS) is 1. The van der Waals surface area contributed by atoms with Gasteiger partial charge in [0.25, 0.3) is 10.2 Å². The average Bonchev–Trinajstić information content (AvgIpc) is 2.25. The van der Waals surface area contributed by atoms with Gasteiger partial charge in [0.1, 0.15) is 0 Å². The number of carboxylic acids is 1. The third-order valence-corrected chi connectivity index (χ3v) is 3.84. The van der Waals surface area contributed by atoms with E-state index < -0.39 is 22.1 Å². The summed E-state index contributed by atoms with van der Waals surface area (Å²) < 4.78 is 31.7. The number of aliphatic carboxylic acids is 1. The van der Waals surface area contributed by atoms with E-state index in [0.717, 1.165) is 4.31 Å². The quantitative estimate of drug-likeness (QED) is 0.550. The van der Waals surface area contributed by atoms with E-state index in [2.05, 4.69) is 4.72 Å². The van der Waals surface area contributed by atoms with Crippen molar-refractivity contribution >= 4 is 16.2 Å². The molecule has 102 valence electrons. The standard InChI is InChI=1S/C9H20N2O5S/c1-4-11(7-8(2)9(12)13)17(14,15)10-5-6-16-3/h8,10H,4-7H2,1-3H3,(H,12,13). The lowest BCUT2D eigenvalue weighted by molar-refractivity contribution is -0.141. The van der Waals surface area contributed by atoms with Gasteiger partial charge in [-0.05, 0) is 0 Å². The molecule has 0 aliphatic rings. The first kappa shape index (κ1) is 16.3. The predicted octanol–water partition coefficient (Wildman–Crippen LogP) is -0.490. The van der Waals surface area contributed by atoms with Crippen molar-refractivity contribution in [1.29, 1.82) is 0 Å². The van der Waals surface area contributed by atoms with Crippen LogP contribution in [0.25, 0.3) is 0 Å². The number of methoxy groups -OCH3 is 1. The molecule has 0 aromatic heterocycles. The summed E-state index contributed by atoms with van der Waals surface area (Å²) in [6.07, 6.45) is 0. The van der Waals surface area contributed by atoms with E-state index in [1.165, 1.54) is 14.0 Å². The Labute approximate surface area is 102 Å². The molecule has 0 aliphatic carbocycles. The van der Waals surface area contributed by atoms with Gasteiger partial charge in [-0.25, -0.2) is 0 Å². The first-order valence-corrected chi connectivity index (χ1v) is 6.75. The summed E-state index contributed by atoms with van der Waals surface area (Å²) in [5.74, 6) is -1.76. The smallest absolute Gasteiger partial charge is 0.307 e. The van der Waals surface area contributed by atoms with Crippen molar-refractivity contribution in [3.63, 3.8) is 0 Å². The van der Waals surface area contributed by atoms with Crippen LogP contribution in [0.4, 0.5) is 0 Å². The van der Waals surface area contributed by atoms with Gasteiger partial charge in [-0.1, -0.05) is 13.8 Å². The Morgan fingerprint density at radius 3 is 2.53 bits per heavy atom. The van der Waals surface area contributed by atoms with Crippen molar-refractivity contribution in [2.24, 2.45) is 5.92 Å². The van der Waals surface area contributed by atoms with E-state index in [0.29, 0.717) is 0 Å². The predicted molar refractivity (Wildman–Crippen MR) is 62.8 cm³/mol. The van der Waals surface area contributed by atoms with Crippen LogP contribution in [0, 0.1) is 5.92 Å². The summed E-state index contributed by atoms with van der Waals surface area (Å²) >= 11 is 0. The van der Waals surface area contributed by atoms with Crippen molar-refractivity contribution in [3.8, 4) is 0 Å². The van der Waals surface area contributed by atoms with Gasteiger partial charge in [0.2, 0.25) is 0 Å². The molecule has 8 heteroatoms. The molecule has 0 aromatic carbocycles. The van der Waals surface area contributed by atoms with Crippen LogP contribution in [0.15, 0.2) is 0 Å². The highest BCUT2D eigenvalue weighted by molar-refractivity contribution is 7.87. The van der Waals surface area contributed by atoms with Gasteiger partial charge in [0.05, 0.1) is 12.5 Å². The summed E-state index contributed by atoms with van der Waals surface area (Å²) in [6, 6.07) is 0. The van der Waals surface area contributed by atoms with Crippen molar-refractivity contribution in [1.82, 2.24) is 9.03 Å². The first-order chi connectivity index (χ1) is 7.85. The van der Waals surface area contributed by atoms with Crippen LogP contribution in [0.3, 0.4) is 0 Å². The molecule has 1 atom stereocenters. The van der Waals surface area contributed by atoms with Crippen LogP contribution in [0.1, 0.15) is 13.8 Å². The molecule has 0 amide bonds. The topological polar surface area (TPSA) is 95.9 Å². The van der Waals surface area contributed by atoms with Gasteiger partial charge >= 0.3 is 5.97 Å². The van der Waals surface area contributed by atoms with E-state index in [1.54, 1.807) is 6.92 Å². The van der Waals surface area contributed by atoms with Crippen LogP contribution in [0.5, 0.6) is 0 Å². The lowest BCUT2D eigenvalue weighted by Gasteiger charge is -2.22. The highest BCUT2D eigenvalue weighted by atomic mass is 32.2. The molecule has 0 radical (unpaired) electrons. The molecule has 0 bridgehead atoms. The Kier molecular flexibility index (Phi) is 7.28. The summed E-state index contributed by atoms with van der Waals surface area (Å²) in [6.45, 7) is 3.73. The molecule has 0 heterocycles. The number of carbonyl (C=O) groups is 1. The molecule has 0 aliphatic heterocycles. The zero-order chi connectivity index (χ0) is 13.5. The zero-order valence-electron chi connectivity index (χ0n) is 10.3. The number of ether oxygens (including phenoxy) is 1. The van der Waals surface area contributed by atoms with E-state index >= 15 is 0 Å². The van der Waals surface area contributed by atoms with E-state index in [1.807, 2.05) is 0 Å². The second kappa shape index (κ2) is 7.59. The van der Waals surface area contributed by atoms with E-state index in [4.69, 9.17) is 9.84 Å². The minimum Gasteiger partial charge on any atom is -0.481 e. The molecule has 0 spiro atoms. The minimum atomic E-state index is -3.63. The summed E-state index contributed by atoms with van der Waals surface area (Å²) in [7, 11) is -2.16. The maximum Gasteiger partial charge on any atom is 0.307 e. The number of nitrogens with zero attached hydrogens (tertiary/aromatic N) is 1. The summed E-state index contributed by atoms with van der Waals surface area (Å²) in [5.41, 5.74) is 0. The summed E-state index contributed by atoms with van der Waals surface area (Å²) in [4.78, 5) is 10.7. The SMILES string of the molecule is CCN(CC(C)C(=O)O)S(=O)(=O)NCCOC. The van der Waals surface area contributed by atoms with Crippen molar-refractivity contribution in [3.05, 3.63) is 0 Å². The average molecular weight is 268 g/mol. The maximum atomic E-state index is 11.8. The van der Waals surface area contributed by atoms with Crippen molar-refractivity contribution in [2.45, 2.75) is 13.8 Å². The van der Waals surface area contributed by atoms with Gasteiger partial charge < -0.3 is 9.84 Å². The molecule has 0 rings (SSSR count). The Bertz CT molecular complexity index is 330. The maximum absolute atomic E-state index is 11.8. The minimum absolute atomic E-state index is 0.0475. The molecule has 0 fully saturated rings. The van der Waals surface area contributed by atoms with Crippen LogP contribution < -0.4 is 4.72 Å². The Morgan fingerprint density at radius 2 is 2.12 bits per heavy atom. The van der Waals surface area contributed by atoms with Gasteiger partial charge in [0.15, 0.2) is 0 Å². The molecule has 0 aromatic rings. The van der Waals surface area contributed by atoms with Gasteiger partial charge in [-0.3, -0.25) is 4.79 Å². The Hall–Kier alpha value is -0.700. The molecular formula is C9H20N2O5S.